The Hall–Kier alpha value is -3.08. The van der Waals surface area contributed by atoms with E-state index in [1.807, 2.05) is 56.4 Å². The van der Waals surface area contributed by atoms with Crippen molar-refractivity contribution < 1.29 is 9.59 Å². The maximum atomic E-state index is 12.3. The molecule has 0 unspecified atom stereocenters. The summed E-state index contributed by atoms with van der Waals surface area (Å²) in [5.74, 6) is -0.0960. The fourth-order valence-corrected chi connectivity index (χ4v) is 3.63. The summed E-state index contributed by atoms with van der Waals surface area (Å²) < 4.78 is 0. The first kappa shape index (κ1) is 19.7. The summed E-state index contributed by atoms with van der Waals surface area (Å²) in [6, 6.07) is 14.1. The van der Waals surface area contributed by atoms with Crippen LogP contribution in [0.5, 0.6) is 0 Å². The van der Waals surface area contributed by atoms with Gasteiger partial charge in [0.2, 0.25) is 11.8 Å². The van der Waals surface area contributed by atoms with E-state index in [2.05, 4.69) is 16.4 Å². The van der Waals surface area contributed by atoms with E-state index in [1.54, 1.807) is 11.8 Å². The Morgan fingerprint density at radius 1 is 1.04 bits per heavy atom. The molecule has 0 fully saturated rings. The van der Waals surface area contributed by atoms with E-state index >= 15 is 0 Å². The summed E-state index contributed by atoms with van der Waals surface area (Å²) in [7, 11) is 0. The van der Waals surface area contributed by atoms with E-state index in [4.69, 9.17) is 0 Å². The lowest BCUT2D eigenvalue weighted by molar-refractivity contribution is -0.121. The number of anilines is 1. The molecule has 0 aliphatic heterocycles. The number of nitrogens with one attached hydrogen (secondary N) is 2. The molecular formula is C23H27N3O2. The minimum atomic E-state index is -0.0519. The van der Waals surface area contributed by atoms with Gasteiger partial charge in [0, 0.05) is 49.2 Å². The normalized spacial score (nSPS) is 10.8. The zero-order valence-electron chi connectivity index (χ0n) is 16.7. The monoisotopic (exact) mass is 377 g/mol. The molecule has 0 spiro atoms. The first-order chi connectivity index (χ1) is 13.5. The number of benzene rings is 2. The van der Waals surface area contributed by atoms with Crippen molar-refractivity contribution in [3.63, 3.8) is 0 Å². The van der Waals surface area contributed by atoms with E-state index < -0.39 is 0 Å². The van der Waals surface area contributed by atoms with Crippen molar-refractivity contribution in [2.24, 2.45) is 0 Å². The smallest absolute Gasteiger partial charge is 0.223 e. The molecule has 2 amide bonds. The van der Waals surface area contributed by atoms with Crippen LogP contribution in [-0.4, -0.2) is 29.9 Å². The van der Waals surface area contributed by atoms with Gasteiger partial charge in [-0.3, -0.25) is 9.59 Å². The second-order valence-corrected chi connectivity index (χ2v) is 7.12. The molecule has 1 heterocycles. The van der Waals surface area contributed by atoms with Gasteiger partial charge < -0.3 is 15.2 Å². The number of nitrogens with zero attached hydrogens (tertiary/aromatic N) is 1. The lowest BCUT2D eigenvalue weighted by Crippen LogP contribution is -2.35. The van der Waals surface area contributed by atoms with Crippen molar-refractivity contribution in [1.29, 1.82) is 0 Å². The maximum Gasteiger partial charge on any atom is 0.223 e. The van der Waals surface area contributed by atoms with Crippen LogP contribution in [0.2, 0.25) is 0 Å². The molecule has 5 nitrogen and oxygen atoms in total. The summed E-state index contributed by atoms with van der Waals surface area (Å²) in [5, 5.41) is 4.16. The van der Waals surface area contributed by atoms with Crippen LogP contribution in [-0.2, 0) is 16.0 Å². The molecule has 0 atom stereocenters. The van der Waals surface area contributed by atoms with E-state index in [-0.39, 0.29) is 18.2 Å². The average molecular weight is 377 g/mol. The molecule has 0 aliphatic rings. The molecule has 0 radical (unpaired) electrons. The predicted octanol–water partition coefficient (Wildman–Crippen LogP) is 3.89. The molecule has 5 heteroatoms. The molecule has 3 aromatic rings. The highest BCUT2D eigenvalue weighted by Crippen LogP contribution is 2.25. The van der Waals surface area contributed by atoms with Gasteiger partial charge in [-0.15, -0.1) is 0 Å². The van der Waals surface area contributed by atoms with Gasteiger partial charge in [0.25, 0.3) is 0 Å². The molecule has 0 saturated heterocycles. The highest BCUT2D eigenvalue weighted by molar-refractivity contribution is 5.94. The molecular weight excluding hydrogens is 350 g/mol. The quantitative estimate of drug-likeness (QED) is 0.656. The maximum absolute atomic E-state index is 12.3. The largest absolute Gasteiger partial charge is 0.361 e. The Bertz CT molecular complexity index is 970. The number of para-hydroxylation sites is 2. The van der Waals surface area contributed by atoms with Crippen LogP contribution in [0.15, 0.2) is 48.7 Å². The summed E-state index contributed by atoms with van der Waals surface area (Å²) in [6.45, 7) is 6.46. The van der Waals surface area contributed by atoms with Crippen LogP contribution < -0.4 is 10.2 Å². The van der Waals surface area contributed by atoms with Gasteiger partial charge in [0.15, 0.2) is 0 Å². The standard InChI is InChI=1S/C23H27N3O2/c1-16-7-6-8-17(2)23(16)26(18(3)27)14-12-22(28)24-13-11-19-15-25-21-10-5-4-9-20(19)21/h4-10,15,25H,11-14H2,1-3H3,(H,24,28). The average Bonchev–Trinajstić information content (AvgIpc) is 3.07. The van der Waals surface area contributed by atoms with Crippen LogP contribution in [0.4, 0.5) is 5.69 Å². The first-order valence-electron chi connectivity index (χ1n) is 9.63. The molecule has 0 saturated carbocycles. The van der Waals surface area contributed by atoms with Gasteiger partial charge in [0.05, 0.1) is 0 Å². The minimum Gasteiger partial charge on any atom is -0.361 e. The number of hydrogen-bond donors (Lipinski definition) is 2. The minimum absolute atomic E-state index is 0.0441. The second kappa shape index (κ2) is 8.74. The van der Waals surface area contributed by atoms with E-state index in [0.717, 1.165) is 28.8 Å². The number of H-pyrrole nitrogens is 1. The number of rotatable bonds is 7. The van der Waals surface area contributed by atoms with Crippen molar-refractivity contribution in [3.8, 4) is 0 Å². The van der Waals surface area contributed by atoms with Gasteiger partial charge in [-0.2, -0.15) is 0 Å². The summed E-state index contributed by atoms with van der Waals surface area (Å²) in [6.07, 6.45) is 3.04. The lowest BCUT2D eigenvalue weighted by atomic mass is 10.1. The van der Waals surface area contributed by atoms with Gasteiger partial charge >= 0.3 is 0 Å². The molecule has 1 aromatic heterocycles. The summed E-state index contributed by atoms with van der Waals surface area (Å²) >= 11 is 0. The van der Waals surface area contributed by atoms with E-state index in [0.29, 0.717) is 13.1 Å². The van der Waals surface area contributed by atoms with Crippen LogP contribution in [0.1, 0.15) is 30.0 Å². The summed E-state index contributed by atoms with van der Waals surface area (Å²) in [4.78, 5) is 29.4. The first-order valence-corrected chi connectivity index (χ1v) is 9.63. The fourth-order valence-electron chi connectivity index (χ4n) is 3.63. The number of aromatic nitrogens is 1. The van der Waals surface area contributed by atoms with E-state index in [1.165, 1.54) is 10.9 Å². The number of carbonyl (C=O) groups is 2. The molecule has 2 N–H and O–H groups in total. The molecule has 146 valence electrons. The Balaban J connectivity index is 1.54. The number of fused-ring (bicyclic) bond motifs is 1. The molecule has 28 heavy (non-hydrogen) atoms. The number of aryl methyl sites for hydroxylation is 2. The zero-order chi connectivity index (χ0) is 20.1. The topological polar surface area (TPSA) is 65.2 Å². The molecule has 0 bridgehead atoms. The Labute approximate surface area is 165 Å². The highest BCUT2D eigenvalue weighted by Gasteiger charge is 2.17. The van der Waals surface area contributed by atoms with Crippen molar-refractivity contribution >= 4 is 28.4 Å². The van der Waals surface area contributed by atoms with Gasteiger partial charge in [0.1, 0.15) is 0 Å². The third-order valence-corrected chi connectivity index (χ3v) is 5.04. The Morgan fingerprint density at radius 3 is 2.46 bits per heavy atom. The zero-order valence-corrected chi connectivity index (χ0v) is 16.7. The van der Waals surface area contributed by atoms with Crippen molar-refractivity contribution in [1.82, 2.24) is 10.3 Å². The SMILES string of the molecule is CC(=O)N(CCC(=O)NCCc1c[nH]c2ccccc12)c1c(C)cccc1C. The summed E-state index contributed by atoms with van der Waals surface area (Å²) in [5.41, 5.74) is 5.28. The Morgan fingerprint density at radius 2 is 1.75 bits per heavy atom. The van der Waals surface area contributed by atoms with Crippen LogP contribution in [0.3, 0.4) is 0 Å². The molecule has 3 rings (SSSR count). The van der Waals surface area contributed by atoms with Crippen LogP contribution in [0.25, 0.3) is 10.9 Å². The number of carbonyl (C=O) groups excluding carboxylic acids is 2. The van der Waals surface area contributed by atoms with Gasteiger partial charge in [-0.1, -0.05) is 36.4 Å². The van der Waals surface area contributed by atoms with Crippen LogP contribution in [0, 0.1) is 13.8 Å². The van der Waals surface area contributed by atoms with Crippen molar-refractivity contribution in [2.45, 2.75) is 33.6 Å². The number of aromatic amines is 1. The third-order valence-electron chi connectivity index (χ3n) is 5.04. The fraction of sp³-hybridized carbons (Fsp3) is 0.304. The lowest BCUT2D eigenvalue weighted by Gasteiger charge is -2.25. The van der Waals surface area contributed by atoms with Crippen molar-refractivity contribution in [3.05, 3.63) is 65.4 Å². The molecule has 2 aromatic carbocycles. The Kier molecular flexibility index (Phi) is 6.14. The number of hydrogen-bond acceptors (Lipinski definition) is 2. The predicted molar refractivity (Wildman–Crippen MR) is 114 cm³/mol. The second-order valence-electron chi connectivity index (χ2n) is 7.12. The van der Waals surface area contributed by atoms with Gasteiger partial charge in [-0.05, 0) is 43.0 Å². The van der Waals surface area contributed by atoms with Crippen molar-refractivity contribution in [2.75, 3.05) is 18.0 Å². The highest BCUT2D eigenvalue weighted by atomic mass is 16.2. The molecule has 0 aliphatic carbocycles. The van der Waals surface area contributed by atoms with Crippen LogP contribution >= 0.6 is 0 Å². The third kappa shape index (κ3) is 4.42. The van der Waals surface area contributed by atoms with Gasteiger partial charge in [-0.25, -0.2) is 0 Å². The number of amides is 2. The van der Waals surface area contributed by atoms with E-state index in [9.17, 15) is 9.59 Å².